The summed E-state index contributed by atoms with van der Waals surface area (Å²) in [5.41, 5.74) is 1.45. The summed E-state index contributed by atoms with van der Waals surface area (Å²) in [6, 6.07) is 16.4. The molecule has 0 aromatic heterocycles. The molecule has 1 atom stereocenters. The van der Waals surface area contributed by atoms with E-state index in [4.69, 9.17) is 4.74 Å². The number of benzene rings is 2. The molecule has 0 spiro atoms. The second kappa shape index (κ2) is 8.55. The van der Waals surface area contributed by atoms with Crippen LogP contribution >= 0.6 is 0 Å². The number of sulfonamides is 1. The van der Waals surface area contributed by atoms with E-state index in [2.05, 4.69) is 5.32 Å². The molecule has 156 valence electrons. The molecule has 6 nitrogen and oxygen atoms in total. The average molecular weight is 417 g/mol. The highest BCUT2D eigenvalue weighted by atomic mass is 32.2. The smallest absolute Gasteiger partial charge is 0.246 e. The summed E-state index contributed by atoms with van der Waals surface area (Å²) in [4.78, 5) is 13.0. The zero-order valence-electron chi connectivity index (χ0n) is 17.1. The summed E-state index contributed by atoms with van der Waals surface area (Å²) in [7, 11) is -3.81. The van der Waals surface area contributed by atoms with E-state index in [1.54, 1.807) is 24.3 Å². The number of carbonyl (C=O) groups is 1. The van der Waals surface area contributed by atoms with Gasteiger partial charge in [0.25, 0.3) is 0 Å². The summed E-state index contributed by atoms with van der Waals surface area (Å²) in [5, 5.41) is 2.77. The highest BCUT2D eigenvalue weighted by molar-refractivity contribution is 7.91. The van der Waals surface area contributed by atoms with E-state index in [9.17, 15) is 13.2 Å². The minimum Gasteiger partial charge on any atom is -0.491 e. The Hall–Kier alpha value is -2.38. The van der Waals surface area contributed by atoms with Gasteiger partial charge in [0.05, 0.1) is 6.10 Å². The molecule has 3 rings (SSSR count). The summed E-state index contributed by atoms with van der Waals surface area (Å²) in [6.45, 7) is 6.08. The minimum absolute atomic E-state index is 0.0531. The van der Waals surface area contributed by atoms with Gasteiger partial charge in [-0.15, -0.1) is 0 Å². The monoisotopic (exact) mass is 416 g/mol. The first-order valence-corrected chi connectivity index (χ1v) is 11.3. The van der Waals surface area contributed by atoms with Crippen LogP contribution in [0.25, 0.3) is 0 Å². The molecule has 0 aliphatic carbocycles. The van der Waals surface area contributed by atoms with E-state index in [0.29, 0.717) is 30.8 Å². The molecular weight excluding hydrogens is 388 g/mol. The van der Waals surface area contributed by atoms with Gasteiger partial charge in [-0.3, -0.25) is 4.79 Å². The van der Waals surface area contributed by atoms with Crippen molar-refractivity contribution < 1.29 is 17.9 Å². The quantitative estimate of drug-likeness (QED) is 0.777. The normalized spacial score (nSPS) is 21.7. The Morgan fingerprint density at radius 2 is 1.79 bits per heavy atom. The number of rotatable bonds is 6. The fraction of sp³-hybridized carbons (Fsp3) is 0.409. The second-order valence-corrected chi connectivity index (χ2v) is 10.2. The van der Waals surface area contributed by atoms with Crippen LogP contribution in [-0.4, -0.2) is 36.0 Å². The summed E-state index contributed by atoms with van der Waals surface area (Å²) in [6.07, 6.45) is 0.982. The van der Waals surface area contributed by atoms with Crippen LogP contribution in [0.1, 0.15) is 39.2 Å². The maximum absolute atomic E-state index is 13.3. The van der Waals surface area contributed by atoms with Crippen molar-refractivity contribution in [3.63, 3.8) is 0 Å². The predicted molar refractivity (Wildman–Crippen MR) is 114 cm³/mol. The number of hydrogen-bond donors (Lipinski definition) is 1. The van der Waals surface area contributed by atoms with Gasteiger partial charge in [-0.05, 0) is 63.4 Å². The van der Waals surface area contributed by atoms with Gasteiger partial charge in [0.2, 0.25) is 15.9 Å². The van der Waals surface area contributed by atoms with Gasteiger partial charge < -0.3 is 10.1 Å². The minimum atomic E-state index is -3.81. The van der Waals surface area contributed by atoms with Crippen molar-refractivity contribution in [2.45, 2.75) is 51.0 Å². The molecule has 2 aromatic carbocycles. The summed E-state index contributed by atoms with van der Waals surface area (Å²) in [5.74, 6) is 0.191. The molecule has 0 bridgehead atoms. The van der Waals surface area contributed by atoms with Crippen molar-refractivity contribution in [3.8, 4) is 5.75 Å². The second-order valence-electron chi connectivity index (χ2n) is 7.80. The van der Waals surface area contributed by atoms with Gasteiger partial charge in [-0.2, -0.15) is 4.31 Å². The zero-order valence-corrected chi connectivity index (χ0v) is 17.9. The Kier molecular flexibility index (Phi) is 6.29. The first kappa shape index (κ1) is 21.3. The third-order valence-electron chi connectivity index (χ3n) is 5.14. The first-order valence-electron chi connectivity index (χ1n) is 9.84. The number of carbonyl (C=O) groups excluding carboxylic acids is 1. The van der Waals surface area contributed by atoms with Crippen LogP contribution in [0.4, 0.5) is 5.69 Å². The Morgan fingerprint density at radius 3 is 2.41 bits per heavy atom. The summed E-state index contributed by atoms with van der Waals surface area (Å²) >= 11 is 0. The van der Waals surface area contributed by atoms with E-state index in [1.165, 1.54) is 11.2 Å². The molecule has 1 amide bonds. The maximum Gasteiger partial charge on any atom is 0.246 e. The largest absolute Gasteiger partial charge is 0.491 e. The van der Waals surface area contributed by atoms with Crippen molar-refractivity contribution in [2.24, 2.45) is 0 Å². The Bertz CT molecular complexity index is 943. The van der Waals surface area contributed by atoms with Crippen LogP contribution in [0.15, 0.2) is 54.6 Å². The molecule has 1 heterocycles. The zero-order chi connectivity index (χ0) is 21.1. The molecule has 0 unspecified atom stereocenters. The molecule has 7 heteroatoms. The number of nitrogens with one attached hydrogen (secondary N) is 1. The lowest BCUT2D eigenvalue weighted by atomic mass is 10.0. The Balaban J connectivity index is 1.76. The van der Waals surface area contributed by atoms with E-state index in [0.717, 1.165) is 5.56 Å². The van der Waals surface area contributed by atoms with Gasteiger partial charge in [-0.25, -0.2) is 8.42 Å². The average Bonchev–Trinajstić information content (AvgIpc) is 2.67. The van der Waals surface area contributed by atoms with E-state index in [-0.39, 0.29) is 12.6 Å². The summed E-state index contributed by atoms with van der Waals surface area (Å²) < 4.78 is 32.1. The lowest BCUT2D eigenvalue weighted by molar-refractivity contribution is -0.118. The van der Waals surface area contributed by atoms with Crippen molar-refractivity contribution in [2.75, 3.05) is 11.9 Å². The van der Waals surface area contributed by atoms with Crippen molar-refractivity contribution in [1.82, 2.24) is 4.31 Å². The topological polar surface area (TPSA) is 75.7 Å². The molecule has 2 aromatic rings. The lowest BCUT2D eigenvalue weighted by Gasteiger charge is -2.38. The maximum atomic E-state index is 13.3. The van der Waals surface area contributed by atoms with Crippen molar-refractivity contribution >= 4 is 21.6 Å². The highest BCUT2D eigenvalue weighted by Crippen LogP contribution is 2.34. The molecule has 1 saturated heterocycles. The van der Waals surface area contributed by atoms with Crippen molar-refractivity contribution in [3.05, 3.63) is 60.2 Å². The van der Waals surface area contributed by atoms with Crippen LogP contribution in [-0.2, 0) is 21.4 Å². The molecular formula is C22H28N2O4S. The number of ether oxygens (including phenoxy) is 1. The van der Waals surface area contributed by atoms with Crippen LogP contribution < -0.4 is 10.1 Å². The fourth-order valence-corrected chi connectivity index (χ4v) is 5.41. The number of hydrogen-bond acceptors (Lipinski definition) is 4. The van der Waals surface area contributed by atoms with Gasteiger partial charge in [0.1, 0.15) is 5.75 Å². The molecule has 0 radical (unpaired) electrons. The third kappa shape index (κ3) is 4.62. The SMILES string of the molecule is CC(C)Oc1ccc(NC(=O)[C@@]2(C)CCCN(Cc3ccccc3)S2(=O)=O)cc1. The van der Waals surface area contributed by atoms with Gasteiger partial charge >= 0.3 is 0 Å². The van der Waals surface area contributed by atoms with Crippen molar-refractivity contribution in [1.29, 1.82) is 0 Å². The molecule has 1 fully saturated rings. The molecule has 1 aliphatic rings. The fourth-order valence-electron chi connectivity index (χ4n) is 3.46. The molecule has 29 heavy (non-hydrogen) atoms. The standard InChI is InChI=1S/C22H28N2O4S/c1-17(2)28-20-12-10-19(11-13-20)23-21(25)22(3)14-7-15-24(29(22,26)27)16-18-8-5-4-6-9-18/h4-6,8-13,17H,7,14-16H2,1-3H3,(H,23,25)/t22-/m1/s1. The number of amides is 1. The van der Waals surface area contributed by atoms with Gasteiger partial charge in [-0.1, -0.05) is 30.3 Å². The van der Waals surface area contributed by atoms with Crippen LogP contribution in [0, 0.1) is 0 Å². The van der Waals surface area contributed by atoms with Crippen LogP contribution in [0.3, 0.4) is 0 Å². The van der Waals surface area contributed by atoms with Gasteiger partial charge in [0, 0.05) is 18.8 Å². The number of anilines is 1. The molecule has 1 N–H and O–H groups in total. The highest BCUT2D eigenvalue weighted by Gasteiger charge is 2.51. The lowest BCUT2D eigenvalue weighted by Crippen LogP contribution is -2.56. The third-order valence-corrected chi connectivity index (χ3v) is 7.66. The van der Waals surface area contributed by atoms with Crippen LogP contribution in [0.5, 0.6) is 5.75 Å². The first-order chi connectivity index (χ1) is 13.7. The van der Waals surface area contributed by atoms with E-state index in [1.807, 2.05) is 44.2 Å². The number of nitrogens with zero attached hydrogens (tertiary/aromatic N) is 1. The van der Waals surface area contributed by atoms with E-state index < -0.39 is 20.7 Å². The Labute approximate surface area is 172 Å². The van der Waals surface area contributed by atoms with Gasteiger partial charge in [0.15, 0.2) is 4.75 Å². The predicted octanol–water partition coefficient (Wildman–Crippen LogP) is 3.80. The van der Waals surface area contributed by atoms with Crippen LogP contribution in [0.2, 0.25) is 0 Å². The Morgan fingerprint density at radius 1 is 1.14 bits per heavy atom. The molecule has 0 saturated carbocycles. The molecule has 1 aliphatic heterocycles. The van der Waals surface area contributed by atoms with E-state index >= 15 is 0 Å².